The Bertz CT molecular complexity index is 1260. The summed E-state index contributed by atoms with van der Waals surface area (Å²) in [4.78, 5) is 4.60. The topological polar surface area (TPSA) is 102 Å². The van der Waals surface area contributed by atoms with E-state index in [4.69, 9.17) is 8.83 Å². The lowest BCUT2D eigenvalue weighted by atomic mass is 10.2. The lowest BCUT2D eigenvalue weighted by Crippen LogP contribution is -2.35. The van der Waals surface area contributed by atoms with Gasteiger partial charge in [0.2, 0.25) is 15.9 Å². The van der Waals surface area contributed by atoms with E-state index in [1.54, 1.807) is 24.3 Å². The number of rotatable bonds is 5. The zero-order valence-corrected chi connectivity index (χ0v) is 17.5. The summed E-state index contributed by atoms with van der Waals surface area (Å²) in [5.74, 6) is 0.240. The first kappa shape index (κ1) is 19.3. The molecule has 1 fully saturated rings. The van der Waals surface area contributed by atoms with Gasteiger partial charge in [0.25, 0.3) is 10.4 Å². The molecule has 1 aliphatic heterocycles. The van der Waals surface area contributed by atoms with E-state index in [2.05, 4.69) is 15.2 Å². The van der Waals surface area contributed by atoms with Crippen LogP contribution in [0, 0.1) is 0 Å². The molecule has 0 aliphatic carbocycles. The molecule has 2 aromatic heterocycles. The van der Waals surface area contributed by atoms with Crippen molar-refractivity contribution in [1.29, 1.82) is 0 Å². The fraction of sp³-hybridized carbons (Fsp3) is 0.250. The van der Waals surface area contributed by atoms with Crippen molar-refractivity contribution in [3.8, 4) is 11.5 Å². The number of oxazole rings is 1. The van der Waals surface area contributed by atoms with Gasteiger partial charge in [-0.2, -0.15) is 4.31 Å². The minimum Gasteiger partial charge on any atom is -0.431 e. The Labute approximate surface area is 177 Å². The number of para-hydroxylation sites is 2. The third-order valence-electron chi connectivity index (χ3n) is 4.89. The average molecular weight is 443 g/mol. The number of hydrogen-bond donors (Lipinski definition) is 0. The monoisotopic (exact) mass is 442 g/mol. The standard InChI is InChI=1S/C20H18N4O4S2/c25-30(26,24-11-4-1-5-12-24)15-8-6-7-14(13-15)18-22-23-20(28-18)29-19-21-16-9-2-3-10-17(16)27-19/h2-3,6-10,13H,1,4-5,11-12H2. The quantitative estimate of drug-likeness (QED) is 0.453. The van der Waals surface area contributed by atoms with Crippen LogP contribution in [0.15, 0.2) is 72.7 Å². The van der Waals surface area contributed by atoms with Crippen LogP contribution >= 0.6 is 11.8 Å². The maximum Gasteiger partial charge on any atom is 0.286 e. The summed E-state index contributed by atoms with van der Waals surface area (Å²) in [6.07, 6.45) is 2.84. The molecule has 10 heteroatoms. The summed E-state index contributed by atoms with van der Waals surface area (Å²) in [7, 11) is -3.54. The molecule has 0 N–H and O–H groups in total. The number of fused-ring (bicyclic) bond motifs is 1. The zero-order valence-electron chi connectivity index (χ0n) is 15.9. The third-order valence-corrected chi connectivity index (χ3v) is 7.47. The second-order valence-corrected chi connectivity index (χ2v) is 9.76. The van der Waals surface area contributed by atoms with E-state index in [0.29, 0.717) is 29.5 Å². The van der Waals surface area contributed by atoms with Gasteiger partial charge >= 0.3 is 0 Å². The molecule has 0 amide bonds. The summed E-state index contributed by atoms with van der Waals surface area (Å²) in [5.41, 5.74) is 1.97. The van der Waals surface area contributed by atoms with E-state index in [0.717, 1.165) is 36.5 Å². The van der Waals surface area contributed by atoms with Crippen molar-refractivity contribution in [3.05, 3.63) is 48.5 Å². The molecule has 0 spiro atoms. The molecule has 5 rings (SSSR count). The Morgan fingerprint density at radius 1 is 0.900 bits per heavy atom. The predicted molar refractivity (Wildman–Crippen MR) is 110 cm³/mol. The van der Waals surface area contributed by atoms with Gasteiger partial charge in [-0.25, -0.2) is 13.4 Å². The van der Waals surface area contributed by atoms with E-state index in [1.165, 1.54) is 4.31 Å². The van der Waals surface area contributed by atoms with Gasteiger partial charge in [-0.05, 0) is 43.2 Å². The molecule has 0 radical (unpaired) electrons. The number of benzene rings is 2. The Morgan fingerprint density at radius 2 is 1.73 bits per heavy atom. The molecule has 1 aliphatic rings. The highest BCUT2D eigenvalue weighted by molar-refractivity contribution is 7.98. The number of hydrogen-bond acceptors (Lipinski definition) is 8. The zero-order chi connectivity index (χ0) is 20.6. The molecule has 2 aromatic carbocycles. The first-order chi connectivity index (χ1) is 14.6. The van der Waals surface area contributed by atoms with Gasteiger partial charge < -0.3 is 8.83 Å². The van der Waals surface area contributed by atoms with Gasteiger partial charge in [-0.15, -0.1) is 10.2 Å². The molecule has 30 heavy (non-hydrogen) atoms. The van der Waals surface area contributed by atoms with Gasteiger partial charge in [0.05, 0.1) is 4.90 Å². The lowest BCUT2D eigenvalue weighted by Gasteiger charge is -2.25. The van der Waals surface area contributed by atoms with Gasteiger partial charge in [-0.3, -0.25) is 0 Å². The minimum atomic E-state index is -3.54. The first-order valence-corrected chi connectivity index (χ1v) is 11.8. The minimum absolute atomic E-state index is 0.230. The van der Waals surface area contributed by atoms with E-state index >= 15 is 0 Å². The molecule has 0 unspecified atom stereocenters. The molecule has 4 aromatic rings. The summed E-state index contributed by atoms with van der Waals surface area (Å²) in [5, 5.41) is 8.74. The summed E-state index contributed by atoms with van der Waals surface area (Å²) >= 11 is 1.12. The summed E-state index contributed by atoms with van der Waals surface area (Å²) < 4.78 is 38.8. The van der Waals surface area contributed by atoms with Crippen molar-refractivity contribution in [2.24, 2.45) is 0 Å². The van der Waals surface area contributed by atoms with Crippen LogP contribution in [0.2, 0.25) is 0 Å². The molecular weight excluding hydrogens is 424 g/mol. The van der Waals surface area contributed by atoms with Crippen LogP contribution in [0.5, 0.6) is 0 Å². The highest BCUT2D eigenvalue weighted by Gasteiger charge is 2.26. The fourth-order valence-corrected chi connectivity index (χ4v) is 5.57. The van der Waals surface area contributed by atoms with Crippen LogP contribution in [-0.2, 0) is 10.0 Å². The second kappa shape index (κ2) is 7.86. The molecular formula is C20H18N4O4S2. The van der Waals surface area contributed by atoms with Crippen molar-refractivity contribution < 1.29 is 17.3 Å². The van der Waals surface area contributed by atoms with Crippen LogP contribution in [-0.4, -0.2) is 41.0 Å². The summed E-state index contributed by atoms with van der Waals surface area (Å²) in [6.45, 7) is 1.11. The maximum absolute atomic E-state index is 12.9. The van der Waals surface area contributed by atoms with Gasteiger partial charge in [-0.1, -0.05) is 24.6 Å². The Kier molecular flexibility index (Phi) is 5.05. The van der Waals surface area contributed by atoms with Crippen molar-refractivity contribution in [1.82, 2.24) is 19.5 Å². The molecule has 8 nitrogen and oxygen atoms in total. The number of aromatic nitrogens is 3. The number of nitrogens with zero attached hydrogens (tertiary/aromatic N) is 4. The van der Waals surface area contributed by atoms with Crippen molar-refractivity contribution in [2.45, 2.75) is 34.6 Å². The highest BCUT2D eigenvalue weighted by Crippen LogP contribution is 2.31. The summed E-state index contributed by atoms with van der Waals surface area (Å²) in [6, 6.07) is 14.0. The second-order valence-electron chi connectivity index (χ2n) is 6.92. The normalized spacial score (nSPS) is 15.6. The van der Waals surface area contributed by atoms with E-state index in [-0.39, 0.29) is 16.0 Å². The van der Waals surface area contributed by atoms with Crippen LogP contribution in [0.4, 0.5) is 0 Å². The van der Waals surface area contributed by atoms with E-state index in [1.807, 2.05) is 24.3 Å². The van der Waals surface area contributed by atoms with Crippen LogP contribution < -0.4 is 0 Å². The Hall–Kier alpha value is -2.69. The highest BCUT2D eigenvalue weighted by atomic mass is 32.2. The number of piperidine rings is 1. The van der Waals surface area contributed by atoms with E-state index < -0.39 is 10.0 Å². The van der Waals surface area contributed by atoms with Gasteiger partial charge in [0.1, 0.15) is 5.52 Å². The molecule has 0 saturated carbocycles. The maximum atomic E-state index is 12.9. The Balaban J connectivity index is 1.39. The number of sulfonamides is 1. The Morgan fingerprint density at radius 3 is 2.57 bits per heavy atom. The van der Waals surface area contributed by atoms with Gasteiger partial charge in [0.15, 0.2) is 5.58 Å². The smallest absolute Gasteiger partial charge is 0.286 e. The predicted octanol–water partition coefficient (Wildman–Crippen LogP) is 4.20. The fourth-order valence-electron chi connectivity index (χ4n) is 3.38. The van der Waals surface area contributed by atoms with Crippen LogP contribution in [0.1, 0.15) is 19.3 Å². The van der Waals surface area contributed by atoms with Gasteiger partial charge in [0, 0.05) is 30.4 Å². The molecule has 0 atom stereocenters. The largest absolute Gasteiger partial charge is 0.431 e. The van der Waals surface area contributed by atoms with E-state index in [9.17, 15) is 8.42 Å². The molecule has 1 saturated heterocycles. The third kappa shape index (κ3) is 3.73. The van der Waals surface area contributed by atoms with Crippen molar-refractivity contribution in [2.75, 3.05) is 13.1 Å². The van der Waals surface area contributed by atoms with Crippen molar-refractivity contribution in [3.63, 3.8) is 0 Å². The van der Waals surface area contributed by atoms with Crippen LogP contribution in [0.25, 0.3) is 22.6 Å². The molecule has 3 heterocycles. The SMILES string of the molecule is O=S(=O)(c1cccc(-c2nnc(Sc3nc4ccccc4o3)o2)c1)N1CCCCC1. The van der Waals surface area contributed by atoms with Crippen molar-refractivity contribution >= 4 is 32.9 Å². The average Bonchev–Trinajstić information content (AvgIpc) is 3.41. The first-order valence-electron chi connectivity index (χ1n) is 9.57. The molecule has 0 bridgehead atoms. The van der Waals surface area contributed by atoms with Crippen LogP contribution in [0.3, 0.4) is 0 Å². The molecule has 154 valence electrons. The lowest BCUT2D eigenvalue weighted by molar-refractivity contribution is 0.346.